The smallest absolute Gasteiger partial charge is 0.145 e. The first-order valence-corrected chi connectivity index (χ1v) is 6.50. The first-order chi connectivity index (χ1) is 9.25. The maximum absolute atomic E-state index is 10.2. The standard InChI is InChI=1S/C16H17NO2/c1-12-15(19-11-13-5-3-2-4-6-13)8-7-14(16(12)18)17-9-10-17/h2-8,18H,9-11H2,1H3. The molecule has 98 valence electrons. The topological polar surface area (TPSA) is 32.5 Å². The molecule has 3 rings (SSSR count). The van der Waals surface area contributed by atoms with Gasteiger partial charge in [0.15, 0.2) is 0 Å². The average Bonchev–Trinajstić information content (AvgIpc) is 3.26. The minimum Gasteiger partial charge on any atom is -0.505 e. The predicted octanol–water partition coefficient (Wildman–Crippen LogP) is 3.10. The lowest BCUT2D eigenvalue weighted by Gasteiger charge is -2.14. The van der Waals surface area contributed by atoms with Crippen molar-refractivity contribution < 1.29 is 9.84 Å². The van der Waals surface area contributed by atoms with Crippen LogP contribution in [0.1, 0.15) is 11.1 Å². The fourth-order valence-corrected chi connectivity index (χ4v) is 2.11. The molecule has 1 aliphatic rings. The molecule has 2 aromatic rings. The Labute approximate surface area is 113 Å². The molecule has 2 aromatic carbocycles. The van der Waals surface area contributed by atoms with Crippen LogP contribution < -0.4 is 9.64 Å². The largest absolute Gasteiger partial charge is 0.505 e. The van der Waals surface area contributed by atoms with Crippen LogP contribution in [0.3, 0.4) is 0 Å². The van der Waals surface area contributed by atoms with Crippen molar-refractivity contribution in [3.05, 3.63) is 53.6 Å². The second kappa shape index (κ2) is 4.84. The molecule has 3 nitrogen and oxygen atoms in total. The van der Waals surface area contributed by atoms with Crippen molar-refractivity contribution in [3.8, 4) is 11.5 Å². The molecule has 1 N–H and O–H groups in total. The summed E-state index contributed by atoms with van der Waals surface area (Å²) in [5.74, 6) is 1.08. The molecule has 0 amide bonds. The number of hydrogen-bond donors (Lipinski definition) is 1. The van der Waals surface area contributed by atoms with Gasteiger partial charge in [-0.1, -0.05) is 30.3 Å². The molecular weight excluding hydrogens is 238 g/mol. The van der Waals surface area contributed by atoms with Gasteiger partial charge in [-0.15, -0.1) is 0 Å². The molecule has 0 saturated carbocycles. The highest BCUT2D eigenvalue weighted by molar-refractivity contribution is 5.67. The van der Waals surface area contributed by atoms with E-state index in [0.29, 0.717) is 12.4 Å². The molecule has 3 heteroatoms. The maximum Gasteiger partial charge on any atom is 0.145 e. The highest BCUT2D eigenvalue weighted by atomic mass is 16.5. The van der Waals surface area contributed by atoms with Gasteiger partial charge in [0.2, 0.25) is 0 Å². The lowest BCUT2D eigenvalue weighted by Crippen LogP contribution is -1.99. The Morgan fingerprint density at radius 2 is 1.84 bits per heavy atom. The van der Waals surface area contributed by atoms with Crippen LogP contribution in [-0.2, 0) is 6.61 Å². The number of anilines is 1. The second-order valence-electron chi connectivity index (χ2n) is 4.82. The monoisotopic (exact) mass is 255 g/mol. The van der Waals surface area contributed by atoms with Gasteiger partial charge in [0.25, 0.3) is 0 Å². The predicted molar refractivity (Wildman–Crippen MR) is 75.8 cm³/mol. The number of nitrogens with zero attached hydrogens (tertiary/aromatic N) is 1. The molecule has 1 fully saturated rings. The van der Waals surface area contributed by atoms with E-state index in [-0.39, 0.29) is 0 Å². The van der Waals surface area contributed by atoms with Gasteiger partial charge in [0, 0.05) is 18.7 Å². The highest BCUT2D eigenvalue weighted by Gasteiger charge is 2.23. The molecule has 0 bridgehead atoms. The second-order valence-corrected chi connectivity index (χ2v) is 4.82. The van der Waals surface area contributed by atoms with Gasteiger partial charge >= 0.3 is 0 Å². The molecule has 0 aliphatic carbocycles. The Morgan fingerprint density at radius 1 is 1.11 bits per heavy atom. The van der Waals surface area contributed by atoms with Crippen molar-refractivity contribution >= 4 is 5.69 Å². The van der Waals surface area contributed by atoms with Crippen molar-refractivity contribution in [2.45, 2.75) is 13.5 Å². The van der Waals surface area contributed by atoms with Crippen molar-refractivity contribution in [2.75, 3.05) is 18.0 Å². The van der Waals surface area contributed by atoms with Crippen molar-refractivity contribution in [1.29, 1.82) is 0 Å². The third-order valence-corrected chi connectivity index (χ3v) is 3.39. The minimum absolute atomic E-state index is 0.336. The van der Waals surface area contributed by atoms with Gasteiger partial charge in [-0.05, 0) is 24.6 Å². The lowest BCUT2D eigenvalue weighted by molar-refractivity contribution is 0.302. The zero-order valence-electron chi connectivity index (χ0n) is 11.0. The summed E-state index contributed by atoms with van der Waals surface area (Å²) >= 11 is 0. The van der Waals surface area contributed by atoms with E-state index in [4.69, 9.17) is 4.74 Å². The van der Waals surface area contributed by atoms with E-state index < -0.39 is 0 Å². The number of aromatic hydroxyl groups is 1. The summed E-state index contributed by atoms with van der Waals surface area (Å²) in [4.78, 5) is 2.13. The van der Waals surface area contributed by atoms with Crippen LogP contribution in [0.5, 0.6) is 11.5 Å². The lowest BCUT2D eigenvalue weighted by atomic mass is 10.1. The summed E-state index contributed by atoms with van der Waals surface area (Å²) in [6, 6.07) is 13.9. The molecule has 0 spiro atoms. The quantitative estimate of drug-likeness (QED) is 0.852. The van der Waals surface area contributed by atoms with E-state index in [1.807, 2.05) is 49.4 Å². The summed E-state index contributed by atoms with van der Waals surface area (Å²) in [7, 11) is 0. The molecule has 1 heterocycles. The van der Waals surface area contributed by atoms with E-state index in [9.17, 15) is 5.11 Å². The first-order valence-electron chi connectivity index (χ1n) is 6.50. The molecule has 0 unspecified atom stereocenters. The Kier molecular flexibility index (Phi) is 3.03. The summed E-state index contributed by atoms with van der Waals surface area (Å²) < 4.78 is 5.78. The van der Waals surface area contributed by atoms with Crippen molar-refractivity contribution in [3.63, 3.8) is 0 Å². The van der Waals surface area contributed by atoms with E-state index in [1.165, 1.54) is 0 Å². The Morgan fingerprint density at radius 3 is 2.53 bits per heavy atom. The van der Waals surface area contributed by atoms with E-state index in [2.05, 4.69) is 4.90 Å². The number of ether oxygens (including phenoxy) is 1. The molecule has 1 aliphatic heterocycles. The summed E-state index contributed by atoms with van der Waals surface area (Å²) in [6.45, 7) is 4.46. The number of rotatable bonds is 4. The normalized spacial score (nSPS) is 13.4. The Hall–Kier alpha value is -2.16. The molecule has 1 saturated heterocycles. The van der Waals surface area contributed by atoms with Gasteiger partial charge in [0.05, 0.1) is 5.69 Å². The van der Waals surface area contributed by atoms with Crippen LogP contribution in [-0.4, -0.2) is 18.2 Å². The van der Waals surface area contributed by atoms with Gasteiger partial charge in [-0.3, -0.25) is 0 Å². The van der Waals surface area contributed by atoms with E-state index in [1.54, 1.807) is 0 Å². The third-order valence-electron chi connectivity index (χ3n) is 3.39. The maximum atomic E-state index is 10.2. The molecule has 0 aromatic heterocycles. The fraction of sp³-hybridized carbons (Fsp3) is 0.250. The van der Waals surface area contributed by atoms with Crippen LogP contribution in [0, 0.1) is 6.92 Å². The van der Waals surface area contributed by atoms with Gasteiger partial charge < -0.3 is 14.7 Å². The van der Waals surface area contributed by atoms with Crippen molar-refractivity contribution in [2.24, 2.45) is 0 Å². The Bertz CT molecular complexity index is 577. The van der Waals surface area contributed by atoms with Gasteiger partial charge in [-0.2, -0.15) is 0 Å². The SMILES string of the molecule is Cc1c(OCc2ccccc2)ccc(N2CC2)c1O. The van der Waals surface area contributed by atoms with Crippen LogP contribution in [0.4, 0.5) is 5.69 Å². The van der Waals surface area contributed by atoms with Gasteiger partial charge in [-0.25, -0.2) is 0 Å². The molecule has 19 heavy (non-hydrogen) atoms. The van der Waals surface area contributed by atoms with Crippen LogP contribution in [0.2, 0.25) is 0 Å². The summed E-state index contributed by atoms with van der Waals surface area (Å²) in [6.07, 6.45) is 0. The van der Waals surface area contributed by atoms with E-state index in [0.717, 1.165) is 35.7 Å². The Balaban J connectivity index is 1.76. The number of phenolic OH excluding ortho intramolecular Hbond substituents is 1. The first kappa shape index (κ1) is 11.9. The fourth-order valence-electron chi connectivity index (χ4n) is 2.11. The minimum atomic E-state index is 0.336. The number of benzene rings is 2. The number of phenols is 1. The van der Waals surface area contributed by atoms with Crippen LogP contribution in [0.15, 0.2) is 42.5 Å². The summed E-state index contributed by atoms with van der Waals surface area (Å²) in [5, 5.41) is 10.2. The highest BCUT2D eigenvalue weighted by Crippen LogP contribution is 2.38. The average molecular weight is 255 g/mol. The molecule has 0 radical (unpaired) electrons. The number of hydrogen-bond acceptors (Lipinski definition) is 3. The summed E-state index contributed by atoms with van der Waals surface area (Å²) in [5.41, 5.74) is 2.83. The molecular formula is C16H17NO2. The molecule has 0 atom stereocenters. The van der Waals surface area contributed by atoms with Crippen LogP contribution >= 0.6 is 0 Å². The van der Waals surface area contributed by atoms with E-state index >= 15 is 0 Å². The third kappa shape index (κ3) is 2.50. The zero-order valence-corrected chi connectivity index (χ0v) is 11.0. The zero-order chi connectivity index (χ0) is 13.2. The van der Waals surface area contributed by atoms with Crippen molar-refractivity contribution in [1.82, 2.24) is 0 Å². The van der Waals surface area contributed by atoms with Crippen LogP contribution in [0.25, 0.3) is 0 Å². The van der Waals surface area contributed by atoms with Gasteiger partial charge in [0.1, 0.15) is 18.1 Å².